The van der Waals surface area contributed by atoms with Crippen LogP contribution in [0.1, 0.15) is 52.4 Å². The van der Waals surface area contributed by atoms with Crippen molar-refractivity contribution < 1.29 is 21.5 Å². The lowest BCUT2D eigenvalue weighted by molar-refractivity contribution is -0.881. The predicted octanol–water partition coefficient (Wildman–Crippen LogP) is 0.562. The summed E-state index contributed by atoms with van der Waals surface area (Å²) >= 11 is 0. The highest BCUT2D eigenvalue weighted by Crippen LogP contribution is 2.20. The highest BCUT2D eigenvalue weighted by atomic mass is 79.9. The summed E-state index contributed by atoms with van der Waals surface area (Å²) in [6.07, 6.45) is 12.9. The van der Waals surface area contributed by atoms with Gasteiger partial charge in [0.25, 0.3) is 0 Å². The SMILES string of the molecule is CCCCCC[N+]1(CCCC)C=CN(C)C1.[Br-]. The molecule has 0 aliphatic carbocycles. The Morgan fingerprint density at radius 2 is 1.65 bits per heavy atom. The second-order valence-corrected chi connectivity index (χ2v) is 5.28. The summed E-state index contributed by atoms with van der Waals surface area (Å²) in [6.45, 7) is 8.42. The number of halogens is 1. The Morgan fingerprint density at radius 1 is 1.00 bits per heavy atom. The van der Waals surface area contributed by atoms with Crippen molar-refractivity contribution in [1.82, 2.24) is 4.90 Å². The minimum Gasteiger partial charge on any atom is -1.00 e. The van der Waals surface area contributed by atoms with Crippen molar-refractivity contribution >= 4 is 0 Å². The summed E-state index contributed by atoms with van der Waals surface area (Å²) in [5, 5.41) is 0. The van der Waals surface area contributed by atoms with E-state index in [1.807, 2.05) is 0 Å². The van der Waals surface area contributed by atoms with E-state index in [2.05, 4.69) is 38.2 Å². The summed E-state index contributed by atoms with van der Waals surface area (Å²) in [4.78, 5) is 2.33. The summed E-state index contributed by atoms with van der Waals surface area (Å²) in [5.74, 6) is 0. The minimum atomic E-state index is 0. The Labute approximate surface area is 118 Å². The summed E-state index contributed by atoms with van der Waals surface area (Å²) in [5.41, 5.74) is 0. The maximum absolute atomic E-state index is 2.42. The topological polar surface area (TPSA) is 3.24 Å². The number of hydrogen-bond acceptors (Lipinski definition) is 1. The molecule has 1 unspecified atom stereocenters. The molecule has 1 atom stereocenters. The Hall–Kier alpha value is -0.0200. The molecule has 0 aromatic heterocycles. The van der Waals surface area contributed by atoms with E-state index in [1.165, 1.54) is 62.8 Å². The standard InChI is InChI=1S/C14H29N2.BrH/c1-4-6-8-9-12-16(11-7-5-2)13-10-15(3)14-16;/h10,13H,4-9,11-12,14H2,1-3H3;1H/q+1;/p-1. The van der Waals surface area contributed by atoms with E-state index >= 15 is 0 Å². The molecule has 0 amide bonds. The van der Waals surface area contributed by atoms with Gasteiger partial charge in [0.1, 0.15) is 6.20 Å². The molecule has 0 aromatic rings. The molecule has 0 spiro atoms. The molecular formula is C14H29BrN2. The molecule has 0 radical (unpaired) electrons. The molecule has 1 aliphatic heterocycles. The second kappa shape index (κ2) is 8.98. The predicted molar refractivity (Wildman–Crippen MR) is 70.8 cm³/mol. The van der Waals surface area contributed by atoms with Gasteiger partial charge in [-0.2, -0.15) is 0 Å². The van der Waals surface area contributed by atoms with Crippen LogP contribution in [-0.2, 0) is 0 Å². The van der Waals surface area contributed by atoms with Crippen LogP contribution < -0.4 is 17.0 Å². The Balaban J connectivity index is 0.00000256. The maximum atomic E-state index is 2.42. The van der Waals surface area contributed by atoms with Crippen LogP contribution in [0.5, 0.6) is 0 Å². The van der Waals surface area contributed by atoms with E-state index in [4.69, 9.17) is 0 Å². The van der Waals surface area contributed by atoms with E-state index in [0.29, 0.717) is 0 Å². The molecule has 2 nitrogen and oxygen atoms in total. The van der Waals surface area contributed by atoms with E-state index in [-0.39, 0.29) is 17.0 Å². The van der Waals surface area contributed by atoms with Gasteiger partial charge in [-0.05, 0) is 19.3 Å². The maximum Gasteiger partial charge on any atom is 0.158 e. The lowest BCUT2D eigenvalue weighted by Crippen LogP contribution is -3.00. The first kappa shape index (κ1) is 17.0. The average molecular weight is 305 g/mol. The third-order valence-corrected chi connectivity index (χ3v) is 3.56. The van der Waals surface area contributed by atoms with Crippen LogP contribution in [0, 0.1) is 0 Å². The molecule has 0 aromatic carbocycles. The van der Waals surface area contributed by atoms with Crippen molar-refractivity contribution in [1.29, 1.82) is 0 Å². The van der Waals surface area contributed by atoms with Gasteiger partial charge in [0.15, 0.2) is 6.67 Å². The van der Waals surface area contributed by atoms with Gasteiger partial charge < -0.3 is 21.9 Å². The fourth-order valence-corrected chi connectivity index (χ4v) is 2.52. The molecule has 0 N–H and O–H groups in total. The number of unbranched alkanes of at least 4 members (excludes halogenated alkanes) is 4. The third kappa shape index (κ3) is 5.91. The number of quaternary nitrogens is 1. The number of hydrogen-bond donors (Lipinski definition) is 0. The zero-order chi connectivity index (χ0) is 11.9. The van der Waals surface area contributed by atoms with Gasteiger partial charge in [-0.15, -0.1) is 0 Å². The van der Waals surface area contributed by atoms with E-state index < -0.39 is 0 Å². The molecule has 0 saturated heterocycles. The monoisotopic (exact) mass is 304 g/mol. The zero-order valence-corrected chi connectivity index (χ0v) is 13.4. The van der Waals surface area contributed by atoms with Crippen LogP contribution in [0.4, 0.5) is 0 Å². The Kier molecular flexibility index (Phi) is 8.97. The largest absolute Gasteiger partial charge is 1.00 e. The Morgan fingerprint density at radius 3 is 2.18 bits per heavy atom. The molecule has 17 heavy (non-hydrogen) atoms. The van der Waals surface area contributed by atoms with Crippen LogP contribution in [0.25, 0.3) is 0 Å². The molecule has 1 aliphatic rings. The highest BCUT2D eigenvalue weighted by molar-refractivity contribution is 4.79. The molecule has 3 heteroatoms. The molecule has 1 rings (SSSR count). The fraction of sp³-hybridized carbons (Fsp3) is 0.857. The van der Waals surface area contributed by atoms with Crippen LogP contribution in [0.3, 0.4) is 0 Å². The van der Waals surface area contributed by atoms with Crippen molar-refractivity contribution in [2.24, 2.45) is 0 Å². The van der Waals surface area contributed by atoms with E-state index in [9.17, 15) is 0 Å². The lowest BCUT2D eigenvalue weighted by atomic mass is 10.2. The van der Waals surface area contributed by atoms with E-state index in [1.54, 1.807) is 0 Å². The smallest absolute Gasteiger partial charge is 0.158 e. The quantitative estimate of drug-likeness (QED) is 0.468. The van der Waals surface area contributed by atoms with Crippen LogP contribution in [0.15, 0.2) is 12.4 Å². The van der Waals surface area contributed by atoms with Gasteiger partial charge in [0.2, 0.25) is 0 Å². The van der Waals surface area contributed by atoms with Crippen molar-refractivity contribution in [2.75, 3.05) is 26.8 Å². The first-order valence-electron chi connectivity index (χ1n) is 6.98. The Bertz CT molecular complexity index is 218. The second-order valence-electron chi connectivity index (χ2n) is 5.28. The van der Waals surface area contributed by atoms with Crippen LogP contribution in [0.2, 0.25) is 0 Å². The van der Waals surface area contributed by atoms with Crippen molar-refractivity contribution in [3.8, 4) is 0 Å². The summed E-state index contributed by atoms with van der Waals surface area (Å²) < 4.78 is 1.20. The number of nitrogens with zero attached hydrogens (tertiary/aromatic N) is 2. The van der Waals surface area contributed by atoms with Crippen LogP contribution in [-0.4, -0.2) is 36.2 Å². The average Bonchev–Trinajstić information content (AvgIpc) is 2.65. The van der Waals surface area contributed by atoms with Crippen molar-refractivity contribution in [2.45, 2.75) is 52.4 Å². The van der Waals surface area contributed by atoms with Gasteiger partial charge >= 0.3 is 0 Å². The minimum absolute atomic E-state index is 0. The molecule has 102 valence electrons. The summed E-state index contributed by atoms with van der Waals surface area (Å²) in [6, 6.07) is 0. The van der Waals surface area contributed by atoms with E-state index in [0.717, 1.165) is 0 Å². The van der Waals surface area contributed by atoms with Gasteiger partial charge in [0.05, 0.1) is 19.3 Å². The molecule has 0 saturated carbocycles. The van der Waals surface area contributed by atoms with Crippen molar-refractivity contribution in [3.63, 3.8) is 0 Å². The molecule has 0 fully saturated rings. The lowest BCUT2D eigenvalue weighted by Gasteiger charge is -2.32. The number of rotatable bonds is 8. The van der Waals surface area contributed by atoms with Crippen LogP contribution >= 0.6 is 0 Å². The molecule has 0 bridgehead atoms. The van der Waals surface area contributed by atoms with Gasteiger partial charge in [-0.25, -0.2) is 0 Å². The fourth-order valence-electron chi connectivity index (χ4n) is 2.52. The van der Waals surface area contributed by atoms with Crippen molar-refractivity contribution in [3.05, 3.63) is 12.4 Å². The first-order valence-corrected chi connectivity index (χ1v) is 6.98. The molecule has 1 heterocycles. The van der Waals surface area contributed by atoms with Gasteiger partial charge in [-0.3, -0.25) is 4.48 Å². The third-order valence-electron chi connectivity index (χ3n) is 3.56. The first-order chi connectivity index (χ1) is 7.72. The van der Waals surface area contributed by atoms with Gasteiger partial charge in [0, 0.05) is 7.05 Å². The molecular weight excluding hydrogens is 276 g/mol. The summed E-state index contributed by atoms with van der Waals surface area (Å²) in [7, 11) is 2.19. The zero-order valence-electron chi connectivity index (χ0n) is 11.8. The van der Waals surface area contributed by atoms with Gasteiger partial charge in [-0.1, -0.05) is 33.1 Å². The highest BCUT2D eigenvalue weighted by Gasteiger charge is 2.29. The normalized spacial score (nSPS) is 22.9.